The van der Waals surface area contributed by atoms with Crippen molar-refractivity contribution in [3.8, 4) is 22.1 Å². The Hall–Kier alpha value is -4.23. The summed E-state index contributed by atoms with van der Waals surface area (Å²) in [5.74, 6) is -1.58. The van der Waals surface area contributed by atoms with Crippen molar-refractivity contribution in [3.05, 3.63) is 88.9 Å². The molecule has 1 aliphatic heterocycles. The van der Waals surface area contributed by atoms with Crippen LogP contribution in [0.4, 0.5) is 18.9 Å². The Labute approximate surface area is 255 Å². The van der Waals surface area contributed by atoms with E-state index in [0.717, 1.165) is 27.5 Å². The highest BCUT2D eigenvalue weighted by Gasteiger charge is 2.39. The number of halogens is 3. The summed E-state index contributed by atoms with van der Waals surface area (Å²) in [6, 6.07) is 16.6. The fourth-order valence-electron chi connectivity index (χ4n) is 4.90. The minimum atomic E-state index is -4.50. The van der Waals surface area contributed by atoms with Crippen LogP contribution in [0.15, 0.2) is 77.8 Å². The summed E-state index contributed by atoms with van der Waals surface area (Å²) in [5, 5.41) is 11.5. The van der Waals surface area contributed by atoms with E-state index in [2.05, 4.69) is 10.3 Å². The van der Waals surface area contributed by atoms with Crippen LogP contribution in [0.5, 0.6) is 11.6 Å². The lowest BCUT2D eigenvalue weighted by molar-refractivity contribution is -0.142. The number of aromatic nitrogens is 1. The highest BCUT2D eigenvalue weighted by atomic mass is 32.2. The predicted octanol–water partition coefficient (Wildman–Crippen LogP) is 7.46. The number of ether oxygens (including phenoxy) is 1. The van der Waals surface area contributed by atoms with Crippen molar-refractivity contribution in [1.82, 2.24) is 4.98 Å². The molecule has 5 rings (SSSR count). The number of rotatable bonds is 10. The molecule has 230 valence electrons. The number of pyridine rings is 1. The number of carboxylic acid groups (broad SMARTS) is 1. The fourth-order valence-corrected chi connectivity index (χ4v) is 8.57. The van der Waals surface area contributed by atoms with Crippen LogP contribution in [-0.4, -0.2) is 35.6 Å². The molecule has 1 aliphatic rings. The standard InChI is InChI=1S/C31H27F3N2O6S2/c1-2-18(30(38)39)7-13-24-15-26-27(44(24,40)41)16-25(43-26)19-3-9-22(10-4-19)36-29(37)20-5-11-23(12-6-20)42-28-14-8-21(17-35-28)31(32,33)34/h3-6,8-12,14,16-18,24H,2,7,13,15H2,1H3,(H,36,37)(H,38,39). The molecule has 13 heteroatoms. The molecule has 0 radical (unpaired) electrons. The van der Waals surface area contributed by atoms with Crippen molar-refractivity contribution in [1.29, 1.82) is 0 Å². The molecule has 2 unspecified atom stereocenters. The molecule has 2 aromatic heterocycles. The van der Waals surface area contributed by atoms with Crippen LogP contribution in [0.3, 0.4) is 0 Å². The molecule has 4 aromatic rings. The average Bonchev–Trinajstić information content (AvgIpc) is 3.51. The van der Waals surface area contributed by atoms with E-state index >= 15 is 0 Å². The number of aliphatic carboxylic acids is 1. The van der Waals surface area contributed by atoms with Gasteiger partial charge in [-0.1, -0.05) is 19.1 Å². The Morgan fingerprint density at radius 1 is 1.09 bits per heavy atom. The summed E-state index contributed by atoms with van der Waals surface area (Å²) in [4.78, 5) is 29.6. The molecule has 0 spiro atoms. The van der Waals surface area contributed by atoms with Crippen molar-refractivity contribution in [2.75, 3.05) is 5.32 Å². The Balaban J connectivity index is 1.18. The number of hydrogen-bond acceptors (Lipinski definition) is 7. The molecule has 44 heavy (non-hydrogen) atoms. The summed E-state index contributed by atoms with van der Waals surface area (Å²) in [6.45, 7) is 1.78. The topological polar surface area (TPSA) is 123 Å². The van der Waals surface area contributed by atoms with Crippen LogP contribution in [0, 0.1) is 5.92 Å². The Kier molecular flexibility index (Phi) is 8.80. The number of sulfone groups is 1. The number of carboxylic acids is 1. The van der Waals surface area contributed by atoms with Crippen molar-refractivity contribution >= 4 is 38.7 Å². The van der Waals surface area contributed by atoms with E-state index in [4.69, 9.17) is 4.74 Å². The van der Waals surface area contributed by atoms with E-state index in [0.29, 0.717) is 53.8 Å². The minimum Gasteiger partial charge on any atom is -0.481 e. The first-order chi connectivity index (χ1) is 20.8. The Bertz CT molecular complexity index is 1770. The summed E-state index contributed by atoms with van der Waals surface area (Å²) in [5.41, 5.74) is 0.755. The highest BCUT2D eigenvalue weighted by molar-refractivity contribution is 7.92. The van der Waals surface area contributed by atoms with Gasteiger partial charge in [0, 0.05) is 39.7 Å². The number of thiophene rings is 1. The third-order valence-electron chi connectivity index (χ3n) is 7.44. The highest BCUT2D eigenvalue weighted by Crippen LogP contribution is 2.43. The fraction of sp³-hybridized carbons (Fsp3) is 0.258. The third kappa shape index (κ3) is 6.78. The van der Waals surface area contributed by atoms with Crippen LogP contribution in [-0.2, 0) is 27.2 Å². The molecule has 0 saturated heterocycles. The molecule has 8 nitrogen and oxygen atoms in total. The number of nitrogens with zero attached hydrogens (tertiary/aromatic N) is 1. The smallest absolute Gasteiger partial charge is 0.417 e. The van der Waals surface area contributed by atoms with Gasteiger partial charge in [0.05, 0.1) is 21.6 Å². The van der Waals surface area contributed by atoms with E-state index in [1.807, 2.05) is 0 Å². The van der Waals surface area contributed by atoms with Crippen molar-refractivity contribution in [2.45, 2.75) is 48.9 Å². The first-order valence-corrected chi connectivity index (χ1v) is 16.0. The second-order valence-electron chi connectivity index (χ2n) is 10.3. The molecule has 2 N–H and O–H groups in total. The summed E-state index contributed by atoms with van der Waals surface area (Å²) in [7, 11) is -3.54. The lowest BCUT2D eigenvalue weighted by atomic mass is 9.98. The molecule has 2 atom stereocenters. The first-order valence-electron chi connectivity index (χ1n) is 13.7. The minimum absolute atomic E-state index is 0.0236. The number of hydrogen-bond donors (Lipinski definition) is 2. The first kappa shape index (κ1) is 31.2. The van der Waals surface area contributed by atoms with Gasteiger partial charge < -0.3 is 15.2 Å². The van der Waals surface area contributed by atoms with Gasteiger partial charge in [0.25, 0.3) is 5.91 Å². The van der Waals surface area contributed by atoms with E-state index < -0.39 is 44.6 Å². The van der Waals surface area contributed by atoms with Crippen molar-refractivity contribution in [2.24, 2.45) is 5.92 Å². The molecule has 0 aliphatic carbocycles. The van der Waals surface area contributed by atoms with Crippen LogP contribution >= 0.6 is 11.3 Å². The van der Waals surface area contributed by atoms with Gasteiger partial charge in [0.2, 0.25) is 5.88 Å². The number of benzene rings is 2. The molecule has 1 amide bonds. The van der Waals surface area contributed by atoms with Gasteiger partial charge in [-0.25, -0.2) is 13.4 Å². The van der Waals surface area contributed by atoms with Crippen molar-refractivity contribution in [3.63, 3.8) is 0 Å². The Morgan fingerprint density at radius 2 is 1.80 bits per heavy atom. The van der Waals surface area contributed by atoms with E-state index in [-0.39, 0.29) is 5.88 Å². The van der Waals surface area contributed by atoms with Gasteiger partial charge in [-0.15, -0.1) is 11.3 Å². The average molecular weight is 645 g/mol. The summed E-state index contributed by atoms with van der Waals surface area (Å²) >= 11 is 1.40. The quantitative estimate of drug-likeness (QED) is 0.184. The maximum Gasteiger partial charge on any atom is 0.417 e. The summed E-state index contributed by atoms with van der Waals surface area (Å²) in [6.07, 6.45) is -2.36. The van der Waals surface area contributed by atoms with Crippen LogP contribution in [0.1, 0.15) is 47.0 Å². The molecule has 0 saturated carbocycles. The monoisotopic (exact) mass is 644 g/mol. The molecule has 0 fully saturated rings. The second-order valence-corrected chi connectivity index (χ2v) is 13.7. The molecule has 3 heterocycles. The van der Waals surface area contributed by atoms with Crippen LogP contribution in [0.25, 0.3) is 10.4 Å². The zero-order valence-electron chi connectivity index (χ0n) is 23.3. The molecule has 2 aromatic carbocycles. The van der Waals surface area contributed by atoms with Gasteiger partial charge in [-0.2, -0.15) is 13.2 Å². The predicted molar refractivity (Wildman–Crippen MR) is 159 cm³/mol. The largest absolute Gasteiger partial charge is 0.481 e. The van der Waals surface area contributed by atoms with Gasteiger partial charge in [-0.05, 0) is 73.4 Å². The zero-order chi connectivity index (χ0) is 31.6. The number of nitrogens with one attached hydrogen (secondary N) is 1. The van der Waals surface area contributed by atoms with Gasteiger partial charge in [0.1, 0.15) is 5.75 Å². The lowest BCUT2D eigenvalue weighted by Gasteiger charge is -2.13. The number of alkyl halides is 3. The Morgan fingerprint density at radius 3 is 2.36 bits per heavy atom. The molecule has 0 bridgehead atoms. The number of fused-ring (bicyclic) bond motifs is 1. The summed E-state index contributed by atoms with van der Waals surface area (Å²) < 4.78 is 69.8. The van der Waals surface area contributed by atoms with E-state index in [1.54, 1.807) is 37.3 Å². The maximum absolute atomic E-state index is 13.1. The number of amides is 1. The van der Waals surface area contributed by atoms with Crippen molar-refractivity contribution < 1.29 is 41.0 Å². The van der Waals surface area contributed by atoms with Gasteiger partial charge in [0.15, 0.2) is 9.84 Å². The normalized spacial score (nSPS) is 16.2. The van der Waals surface area contributed by atoms with Crippen LogP contribution < -0.4 is 10.1 Å². The lowest BCUT2D eigenvalue weighted by Crippen LogP contribution is -2.21. The SMILES string of the molecule is CCC(CCC1Cc2sc(-c3ccc(NC(=O)c4ccc(Oc5ccc(C(F)(F)F)cn5)cc4)cc3)cc2S1(=O)=O)C(=O)O. The third-order valence-corrected chi connectivity index (χ3v) is 11.0. The van der Waals surface area contributed by atoms with E-state index in [1.165, 1.54) is 35.6 Å². The van der Waals surface area contributed by atoms with Gasteiger partial charge >= 0.3 is 12.1 Å². The zero-order valence-corrected chi connectivity index (χ0v) is 24.9. The van der Waals surface area contributed by atoms with Crippen LogP contribution in [0.2, 0.25) is 0 Å². The maximum atomic E-state index is 13.1. The number of carbonyl (C=O) groups is 2. The van der Waals surface area contributed by atoms with E-state index in [9.17, 15) is 36.3 Å². The molecular formula is C31H27F3N2O6S2. The number of carbonyl (C=O) groups excluding carboxylic acids is 1. The molecular weight excluding hydrogens is 617 g/mol. The number of anilines is 1. The second kappa shape index (κ2) is 12.4. The van der Waals surface area contributed by atoms with Gasteiger partial charge in [-0.3, -0.25) is 9.59 Å².